The Labute approximate surface area is 128 Å². The highest BCUT2D eigenvalue weighted by molar-refractivity contribution is 7.99. The average Bonchev–Trinajstić information content (AvgIpc) is 2.98. The van der Waals surface area contributed by atoms with Gasteiger partial charge in [0.05, 0.1) is 0 Å². The summed E-state index contributed by atoms with van der Waals surface area (Å²) in [6, 6.07) is 17.0. The van der Waals surface area contributed by atoms with Crippen molar-refractivity contribution < 1.29 is 0 Å². The molecule has 2 atom stereocenters. The zero-order valence-electron chi connectivity index (χ0n) is 11.6. The topological polar surface area (TPSA) is 38.9 Å². The molecule has 2 aromatic carbocycles. The van der Waals surface area contributed by atoms with Gasteiger partial charge in [-0.3, -0.25) is 4.98 Å². The zero-order chi connectivity index (χ0) is 14.2. The van der Waals surface area contributed by atoms with E-state index in [9.17, 15) is 0 Å². The maximum absolute atomic E-state index is 6.65. The van der Waals surface area contributed by atoms with Crippen LogP contribution in [0.3, 0.4) is 0 Å². The van der Waals surface area contributed by atoms with Crippen LogP contribution < -0.4 is 5.73 Å². The monoisotopic (exact) mass is 292 g/mol. The maximum Gasteiger partial charge on any atom is 0.0379 e. The lowest BCUT2D eigenvalue weighted by molar-refractivity contribution is 0.611. The summed E-state index contributed by atoms with van der Waals surface area (Å²) in [5.41, 5.74) is 9.26. The van der Waals surface area contributed by atoms with E-state index in [1.807, 2.05) is 24.2 Å². The van der Waals surface area contributed by atoms with Crippen molar-refractivity contribution in [3.05, 3.63) is 72.1 Å². The predicted octanol–water partition coefficient (Wildman–Crippen LogP) is 4.12. The smallest absolute Gasteiger partial charge is 0.0379 e. The van der Waals surface area contributed by atoms with Crippen molar-refractivity contribution in [2.45, 2.75) is 16.9 Å². The highest BCUT2D eigenvalue weighted by Crippen LogP contribution is 2.45. The second-order valence-electron chi connectivity index (χ2n) is 5.43. The molecule has 104 valence electrons. The normalized spacial score (nSPS) is 18.6. The molecule has 1 aromatic heterocycles. The van der Waals surface area contributed by atoms with Crippen LogP contribution in [0.5, 0.6) is 0 Å². The fourth-order valence-corrected chi connectivity index (χ4v) is 4.45. The SMILES string of the molecule is NC(c1cccc2cnccc12)C1CSc2ccccc21. The number of nitrogens with zero attached hydrogens (tertiary/aromatic N) is 1. The number of hydrogen-bond acceptors (Lipinski definition) is 3. The standard InChI is InChI=1S/C18H16N2S/c19-18(16-11-21-17-7-2-1-5-14(16)17)15-6-3-4-12-10-20-9-8-13(12)15/h1-10,16,18H,11,19H2. The Balaban J connectivity index is 1.80. The van der Waals surface area contributed by atoms with Crippen molar-refractivity contribution in [3.63, 3.8) is 0 Å². The summed E-state index contributed by atoms with van der Waals surface area (Å²) in [4.78, 5) is 5.58. The fraction of sp³-hybridized carbons (Fsp3) is 0.167. The van der Waals surface area contributed by atoms with Crippen LogP contribution in [0.4, 0.5) is 0 Å². The number of pyridine rings is 1. The van der Waals surface area contributed by atoms with E-state index in [1.54, 1.807) is 0 Å². The third kappa shape index (κ3) is 2.13. The van der Waals surface area contributed by atoms with Crippen molar-refractivity contribution in [1.82, 2.24) is 4.98 Å². The van der Waals surface area contributed by atoms with Gasteiger partial charge in [0.1, 0.15) is 0 Å². The van der Waals surface area contributed by atoms with Crippen LogP contribution in [0.25, 0.3) is 10.8 Å². The molecular weight excluding hydrogens is 276 g/mol. The van der Waals surface area contributed by atoms with Crippen LogP contribution in [0.15, 0.2) is 65.8 Å². The summed E-state index contributed by atoms with van der Waals surface area (Å²) in [7, 11) is 0. The Morgan fingerprint density at radius 1 is 1.10 bits per heavy atom. The van der Waals surface area contributed by atoms with E-state index in [-0.39, 0.29) is 6.04 Å². The summed E-state index contributed by atoms with van der Waals surface area (Å²) in [6.07, 6.45) is 3.75. The van der Waals surface area contributed by atoms with E-state index in [2.05, 4.69) is 53.5 Å². The number of rotatable bonds is 2. The van der Waals surface area contributed by atoms with E-state index in [1.165, 1.54) is 21.4 Å². The quantitative estimate of drug-likeness (QED) is 0.772. The van der Waals surface area contributed by atoms with Crippen molar-refractivity contribution in [1.29, 1.82) is 0 Å². The van der Waals surface area contributed by atoms with Gasteiger partial charge in [0.15, 0.2) is 0 Å². The molecule has 4 rings (SSSR count). The molecule has 2 heterocycles. The van der Waals surface area contributed by atoms with Gasteiger partial charge in [-0.15, -0.1) is 11.8 Å². The number of aromatic nitrogens is 1. The molecule has 2 nitrogen and oxygen atoms in total. The molecule has 0 bridgehead atoms. The lowest BCUT2D eigenvalue weighted by Gasteiger charge is -2.21. The molecule has 0 saturated carbocycles. The molecule has 1 aliphatic rings. The first-order valence-corrected chi connectivity index (χ1v) is 8.13. The zero-order valence-corrected chi connectivity index (χ0v) is 12.4. The van der Waals surface area contributed by atoms with Crippen LogP contribution >= 0.6 is 11.8 Å². The van der Waals surface area contributed by atoms with E-state index >= 15 is 0 Å². The third-order valence-corrected chi connectivity index (χ3v) is 5.45. The van der Waals surface area contributed by atoms with Crippen molar-refractivity contribution in [2.75, 3.05) is 5.75 Å². The lowest BCUT2D eigenvalue weighted by atomic mass is 9.87. The summed E-state index contributed by atoms with van der Waals surface area (Å²) < 4.78 is 0. The number of thioether (sulfide) groups is 1. The number of benzene rings is 2. The van der Waals surface area contributed by atoms with Crippen LogP contribution in [0.1, 0.15) is 23.1 Å². The second kappa shape index (κ2) is 5.17. The Bertz CT molecular complexity index is 795. The Morgan fingerprint density at radius 2 is 2.00 bits per heavy atom. The van der Waals surface area contributed by atoms with Gasteiger partial charge in [0, 0.05) is 40.4 Å². The van der Waals surface area contributed by atoms with E-state index < -0.39 is 0 Å². The van der Waals surface area contributed by atoms with Gasteiger partial charge in [-0.25, -0.2) is 0 Å². The second-order valence-corrected chi connectivity index (χ2v) is 6.49. The molecule has 0 amide bonds. The molecule has 0 aliphatic carbocycles. The van der Waals surface area contributed by atoms with Gasteiger partial charge in [-0.2, -0.15) is 0 Å². The summed E-state index contributed by atoms with van der Waals surface area (Å²) in [6.45, 7) is 0. The Morgan fingerprint density at radius 3 is 2.95 bits per heavy atom. The largest absolute Gasteiger partial charge is 0.323 e. The van der Waals surface area contributed by atoms with E-state index in [4.69, 9.17) is 5.73 Å². The minimum absolute atomic E-state index is 0.0206. The van der Waals surface area contributed by atoms with Gasteiger partial charge < -0.3 is 5.73 Å². The summed E-state index contributed by atoms with van der Waals surface area (Å²) in [5, 5.41) is 2.37. The maximum atomic E-state index is 6.65. The minimum atomic E-state index is 0.0206. The molecule has 2 unspecified atom stereocenters. The number of hydrogen-bond donors (Lipinski definition) is 1. The fourth-order valence-electron chi connectivity index (χ4n) is 3.14. The van der Waals surface area contributed by atoms with Gasteiger partial charge in [-0.1, -0.05) is 36.4 Å². The minimum Gasteiger partial charge on any atom is -0.323 e. The molecule has 3 heteroatoms. The molecule has 2 N–H and O–H groups in total. The molecule has 21 heavy (non-hydrogen) atoms. The third-order valence-electron chi connectivity index (χ3n) is 4.24. The van der Waals surface area contributed by atoms with Crippen molar-refractivity contribution in [2.24, 2.45) is 5.73 Å². The Hall–Kier alpha value is -1.84. The van der Waals surface area contributed by atoms with E-state index in [0.29, 0.717) is 5.92 Å². The van der Waals surface area contributed by atoms with Crippen LogP contribution in [0, 0.1) is 0 Å². The van der Waals surface area contributed by atoms with Crippen LogP contribution in [0.2, 0.25) is 0 Å². The summed E-state index contributed by atoms with van der Waals surface area (Å²) >= 11 is 1.91. The highest BCUT2D eigenvalue weighted by atomic mass is 32.2. The molecule has 1 aliphatic heterocycles. The first kappa shape index (κ1) is 12.9. The molecular formula is C18H16N2S. The van der Waals surface area contributed by atoms with Gasteiger partial charge in [-0.05, 0) is 28.6 Å². The van der Waals surface area contributed by atoms with Gasteiger partial charge >= 0.3 is 0 Å². The summed E-state index contributed by atoms with van der Waals surface area (Å²) in [5.74, 6) is 1.44. The molecule has 0 spiro atoms. The van der Waals surface area contributed by atoms with Crippen LogP contribution in [-0.2, 0) is 0 Å². The average molecular weight is 292 g/mol. The first-order chi connectivity index (χ1) is 10.3. The highest BCUT2D eigenvalue weighted by Gasteiger charge is 2.29. The van der Waals surface area contributed by atoms with Crippen molar-refractivity contribution >= 4 is 22.5 Å². The van der Waals surface area contributed by atoms with Gasteiger partial charge in [0.2, 0.25) is 0 Å². The predicted molar refractivity (Wildman–Crippen MR) is 88.6 cm³/mol. The Kier molecular flexibility index (Phi) is 3.17. The molecule has 0 saturated heterocycles. The molecule has 0 radical (unpaired) electrons. The van der Waals surface area contributed by atoms with Crippen LogP contribution in [-0.4, -0.2) is 10.7 Å². The number of nitrogens with two attached hydrogens (primary N) is 1. The lowest BCUT2D eigenvalue weighted by Crippen LogP contribution is -2.20. The molecule has 3 aromatic rings. The first-order valence-electron chi connectivity index (χ1n) is 7.14. The number of fused-ring (bicyclic) bond motifs is 2. The van der Waals surface area contributed by atoms with E-state index in [0.717, 1.165) is 11.1 Å². The molecule has 0 fully saturated rings. The van der Waals surface area contributed by atoms with Crippen molar-refractivity contribution in [3.8, 4) is 0 Å². The van der Waals surface area contributed by atoms with Gasteiger partial charge in [0.25, 0.3) is 0 Å².